The third-order valence-corrected chi connectivity index (χ3v) is 2.89. The Balaban J connectivity index is 2.24. The van der Waals surface area contributed by atoms with Crippen LogP contribution in [0, 0.1) is 0 Å². The predicted molar refractivity (Wildman–Crippen MR) is 75.7 cm³/mol. The van der Waals surface area contributed by atoms with Gasteiger partial charge in [-0.3, -0.25) is 0 Å². The number of nitrogen functional groups attached to an aromatic ring is 1. The summed E-state index contributed by atoms with van der Waals surface area (Å²) >= 11 is 0. The highest BCUT2D eigenvalue weighted by molar-refractivity contribution is 6.01. The smallest absolute Gasteiger partial charge is 0.220 e. The van der Waals surface area contributed by atoms with Gasteiger partial charge in [-0.05, 0) is 19.1 Å². The summed E-state index contributed by atoms with van der Waals surface area (Å²) in [6, 6.07) is 3.79. The molecule has 0 saturated heterocycles. The topological polar surface area (TPSA) is 92.5 Å². The van der Waals surface area contributed by atoms with Crippen molar-refractivity contribution in [2.45, 2.75) is 6.92 Å². The zero-order valence-corrected chi connectivity index (χ0v) is 10.5. The number of nitrogens with zero attached hydrogens (tertiary/aromatic N) is 3. The van der Waals surface area contributed by atoms with Crippen molar-refractivity contribution in [2.24, 2.45) is 0 Å². The second-order valence-corrected chi connectivity index (χ2v) is 4.11. The lowest BCUT2D eigenvalue weighted by atomic mass is 10.1. The maximum Gasteiger partial charge on any atom is 0.220 e. The number of hydrogen-bond donors (Lipinski definition) is 3. The summed E-state index contributed by atoms with van der Waals surface area (Å²) in [6.45, 7) is 2.90. The van der Waals surface area contributed by atoms with Gasteiger partial charge in [0.05, 0.1) is 11.1 Å². The number of pyridine rings is 1. The van der Waals surface area contributed by atoms with E-state index in [-0.39, 0.29) is 5.95 Å². The summed E-state index contributed by atoms with van der Waals surface area (Å²) < 4.78 is 0. The molecule has 3 aromatic rings. The Morgan fingerprint density at radius 3 is 2.89 bits per heavy atom. The SMILES string of the molecule is CCNc1ccnc2[nH]cc(-c3ccnc(N)n3)c12. The standard InChI is InChI=1S/C13H14N6/c1-2-15-10-4-5-16-12-11(10)8(7-18-12)9-3-6-17-13(14)19-9/h3-7H,2H2,1H3,(H2,14,17,19)(H2,15,16,18). The molecule has 3 heterocycles. The minimum Gasteiger partial charge on any atom is -0.385 e. The number of aromatic nitrogens is 4. The Kier molecular flexibility index (Phi) is 2.75. The Labute approximate surface area is 110 Å². The van der Waals surface area contributed by atoms with Gasteiger partial charge in [-0.15, -0.1) is 0 Å². The molecular formula is C13H14N6. The number of rotatable bonds is 3. The van der Waals surface area contributed by atoms with Crippen molar-refractivity contribution in [2.75, 3.05) is 17.6 Å². The first kappa shape index (κ1) is 11.5. The molecule has 6 nitrogen and oxygen atoms in total. The van der Waals surface area contributed by atoms with Crippen molar-refractivity contribution < 1.29 is 0 Å². The van der Waals surface area contributed by atoms with E-state index >= 15 is 0 Å². The second-order valence-electron chi connectivity index (χ2n) is 4.11. The van der Waals surface area contributed by atoms with E-state index < -0.39 is 0 Å². The molecule has 0 atom stereocenters. The highest BCUT2D eigenvalue weighted by Gasteiger charge is 2.12. The summed E-state index contributed by atoms with van der Waals surface area (Å²) in [4.78, 5) is 15.6. The minimum absolute atomic E-state index is 0.265. The van der Waals surface area contributed by atoms with Gasteiger partial charge in [-0.2, -0.15) is 0 Å². The van der Waals surface area contributed by atoms with E-state index in [1.165, 1.54) is 0 Å². The fraction of sp³-hybridized carbons (Fsp3) is 0.154. The van der Waals surface area contributed by atoms with Crippen LogP contribution in [0.4, 0.5) is 11.6 Å². The van der Waals surface area contributed by atoms with Crippen LogP contribution in [0.2, 0.25) is 0 Å². The first-order chi connectivity index (χ1) is 9.29. The van der Waals surface area contributed by atoms with E-state index in [2.05, 4.69) is 32.2 Å². The molecule has 96 valence electrons. The predicted octanol–water partition coefficient (Wildman–Crippen LogP) is 2.03. The zero-order valence-electron chi connectivity index (χ0n) is 10.5. The maximum atomic E-state index is 5.64. The molecule has 0 radical (unpaired) electrons. The van der Waals surface area contributed by atoms with E-state index in [4.69, 9.17) is 5.73 Å². The lowest BCUT2D eigenvalue weighted by molar-refractivity contribution is 1.19. The first-order valence-corrected chi connectivity index (χ1v) is 6.08. The molecule has 0 unspecified atom stereocenters. The number of H-pyrrole nitrogens is 1. The molecule has 19 heavy (non-hydrogen) atoms. The van der Waals surface area contributed by atoms with Crippen molar-refractivity contribution in [1.82, 2.24) is 19.9 Å². The van der Waals surface area contributed by atoms with Crippen LogP contribution in [0.1, 0.15) is 6.92 Å². The third-order valence-electron chi connectivity index (χ3n) is 2.89. The van der Waals surface area contributed by atoms with Gasteiger partial charge in [-0.25, -0.2) is 15.0 Å². The number of anilines is 2. The summed E-state index contributed by atoms with van der Waals surface area (Å²) in [6.07, 6.45) is 5.31. The summed E-state index contributed by atoms with van der Waals surface area (Å²) in [5.74, 6) is 0.265. The third kappa shape index (κ3) is 1.97. The summed E-state index contributed by atoms with van der Waals surface area (Å²) in [7, 11) is 0. The number of nitrogens with two attached hydrogens (primary N) is 1. The average Bonchev–Trinajstić information content (AvgIpc) is 2.84. The van der Waals surface area contributed by atoms with Crippen LogP contribution < -0.4 is 11.1 Å². The van der Waals surface area contributed by atoms with E-state index in [1.807, 2.05) is 18.3 Å². The second kappa shape index (κ2) is 4.56. The minimum atomic E-state index is 0.265. The van der Waals surface area contributed by atoms with E-state index in [0.29, 0.717) is 0 Å². The van der Waals surface area contributed by atoms with Gasteiger partial charge in [0, 0.05) is 36.4 Å². The molecule has 0 fully saturated rings. The Morgan fingerprint density at radius 2 is 2.11 bits per heavy atom. The molecule has 0 aliphatic rings. The van der Waals surface area contributed by atoms with Crippen LogP contribution in [-0.4, -0.2) is 26.5 Å². The molecular weight excluding hydrogens is 240 g/mol. The monoisotopic (exact) mass is 254 g/mol. The lowest BCUT2D eigenvalue weighted by Crippen LogP contribution is -1.98. The molecule has 0 spiro atoms. The van der Waals surface area contributed by atoms with Crippen LogP contribution in [-0.2, 0) is 0 Å². The zero-order chi connectivity index (χ0) is 13.2. The van der Waals surface area contributed by atoms with Gasteiger partial charge in [0.1, 0.15) is 5.65 Å². The van der Waals surface area contributed by atoms with Gasteiger partial charge in [0.25, 0.3) is 0 Å². The number of fused-ring (bicyclic) bond motifs is 1. The van der Waals surface area contributed by atoms with Crippen LogP contribution >= 0.6 is 0 Å². The number of hydrogen-bond acceptors (Lipinski definition) is 5. The Morgan fingerprint density at radius 1 is 1.26 bits per heavy atom. The summed E-state index contributed by atoms with van der Waals surface area (Å²) in [5.41, 5.74) is 9.24. The van der Waals surface area contributed by atoms with E-state index in [0.717, 1.165) is 34.5 Å². The number of nitrogens with one attached hydrogen (secondary N) is 2. The van der Waals surface area contributed by atoms with E-state index in [1.54, 1.807) is 12.4 Å². The van der Waals surface area contributed by atoms with Gasteiger partial charge in [-0.1, -0.05) is 0 Å². The highest BCUT2D eigenvalue weighted by Crippen LogP contribution is 2.31. The van der Waals surface area contributed by atoms with Gasteiger partial charge in [0.2, 0.25) is 5.95 Å². The van der Waals surface area contributed by atoms with Crippen molar-refractivity contribution in [1.29, 1.82) is 0 Å². The first-order valence-electron chi connectivity index (χ1n) is 6.08. The molecule has 0 bridgehead atoms. The molecule has 6 heteroatoms. The molecule has 3 rings (SSSR count). The van der Waals surface area contributed by atoms with Crippen molar-refractivity contribution in [3.05, 3.63) is 30.7 Å². The highest BCUT2D eigenvalue weighted by atomic mass is 15.0. The van der Waals surface area contributed by atoms with Crippen molar-refractivity contribution in [3.63, 3.8) is 0 Å². The number of aromatic amines is 1. The molecule has 0 aliphatic carbocycles. The average molecular weight is 254 g/mol. The van der Waals surface area contributed by atoms with Crippen molar-refractivity contribution in [3.8, 4) is 11.3 Å². The molecule has 3 aromatic heterocycles. The molecule has 4 N–H and O–H groups in total. The van der Waals surface area contributed by atoms with E-state index in [9.17, 15) is 0 Å². The molecule has 0 amide bonds. The molecule has 0 aliphatic heterocycles. The Hall–Kier alpha value is -2.63. The molecule has 0 aromatic carbocycles. The maximum absolute atomic E-state index is 5.64. The lowest BCUT2D eigenvalue weighted by Gasteiger charge is -2.06. The fourth-order valence-corrected chi connectivity index (χ4v) is 2.12. The molecule has 0 saturated carbocycles. The largest absolute Gasteiger partial charge is 0.385 e. The van der Waals surface area contributed by atoms with Gasteiger partial charge < -0.3 is 16.0 Å². The quantitative estimate of drug-likeness (QED) is 0.665. The van der Waals surface area contributed by atoms with Gasteiger partial charge in [0.15, 0.2) is 0 Å². The van der Waals surface area contributed by atoms with Crippen LogP contribution in [0.5, 0.6) is 0 Å². The normalized spacial score (nSPS) is 10.8. The van der Waals surface area contributed by atoms with Crippen molar-refractivity contribution >= 4 is 22.7 Å². The fourth-order valence-electron chi connectivity index (χ4n) is 2.12. The van der Waals surface area contributed by atoms with Crippen LogP contribution in [0.25, 0.3) is 22.3 Å². The van der Waals surface area contributed by atoms with Crippen LogP contribution in [0.15, 0.2) is 30.7 Å². The van der Waals surface area contributed by atoms with Crippen LogP contribution in [0.3, 0.4) is 0 Å². The summed E-state index contributed by atoms with van der Waals surface area (Å²) in [5, 5.41) is 4.34. The van der Waals surface area contributed by atoms with Gasteiger partial charge >= 0.3 is 0 Å². The Bertz CT molecular complexity index is 718.